The Morgan fingerprint density at radius 2 is 2.00 bits per heavy atom. The number of nitrogens with one attached hydrogen (secondary N) is 2. The van der Waals surface area contributed by atoms with Crippen molar-refractivity contribution in [2.24, 2.45) is 0 Å². The lowest BCUT2D eigenvalue weighted by molar-refractivity contribution is -0.115. The van der Waals surface area contributed by atoms with Crippen molar-refractivity contribution in [3.8, 4) is 5.75 Å². The van der Waals surface area contributed by atoms with Crippen LogP contribution in [0.4, 0.5) is 24.8 Å². The highest BCUT2D eigenvalue weighted by Crippen LogP contribution is 2.42. The van der Waals surface area contributed by atoms with Gasteiger partial charge in [0.2, 0.25) is 5.95 Å². The maximum absolute atomic E-state index is 12.8. The van der Waals surface area contributed by atoms with Crippen LogP contribution in [-0.4, -0.2) is 64.5 Å². The fourth-order valence-electron chi connectivity index (χ4n) is 4.95. The number of aromatic nitrogens is 4. The van der Waals surface area contributed by atoms with Crippen LogP contribution in [0.25, 0.3) is 0 Å². The maximum Gasteiger partial charge on any atom is 0.405 e. The summed E-state index contributed by atoms with van der Waals surface area (Å²) in [4.78, 5) is 13.4. The second kappa shape index (κ2) is 8.79. The van der Waals surface area contributed by atoms with Gasteiger partial charge in [0.25, 0.3) is 0 Å². The SMILES string of the molecule is COc1ccc(N2Cc3cnc(NCC(F)(F)F)nc3C3(CCN(Cc4ccn[nH]4)C3)C2)cc1. The molecule has 1 saturated heterocycles. The summed E-state index contributed by atoms with van der Waals surface area (Å²) < 4.78 is 43.5. The highest BCUT2D eigenvalue weighted by Gasteiger charge is 2.46. The van der Waals surface area contributed by atoms with Gasteiger partial charge in [0, 0.05) is 60.9 Å². The smallest absolute Gasteiger partial charge is 0.405 e. The molecule has 0 radical (unpaired) electrons. The summed E-state index contributed by atoms with van der Waals surface area (Å²) in [6.07, 6.45) is -0.1000. The topological polar surface area (TPSA) is 82.2 Å². The molecular formula is C23H26F3N7O. The lowest BCUT2D eigenvalue weighted by atomic mass is 9.78. The summed E-state index contributed by atoms with van der Waals surface area (Å²) in [7, 11) is 1.63. The highest BCUT2D eigenvalue weighted by atomic mass is 19.4. The third kappa shape index (κ3) is 4.65. The minimum Gasteiger partial charge on any atom is -0.497 e. The minimum absolute atomic E-state index is 0.0142. The fraction of sp³-hybridized carbons (Fsp3) is 0.435. The number of methoxy groups -OCH3 is 1. The van der Waals surface area contributed by atoms with E-state index in [-0.39, 0.29) is 11.4 Å². The molecule has 4 heterocycles. The number of anilines is 2. The van der Waals surface area contributed by atoms with E-state index in [1.165, 1.54) is 0 Å². The second-order valence-corrected chi connectivity index (χ2v) is 8.91. The molecular weight excluding hydrogens is 447 g/mol. The zero-order valence-electron chi connectivity index (χ0n) is 18.8. The summed E-state index contributed by atoms with van der Waals surface area (Å²) in [6, 6.07) is 9.85. The van der Waals surface area contributed by atoms with Crippen molar-refractivity contribution in [2.75, 3.05) is 43.5 Å². The number of hydrogen-bond acceptors (Lipinski definition) is 7. The number of nitrogens with zero attached hydrogens (tertiary/aromatic N) is 5. The molecule has 180 valence electrons. The van der Waals surface area contributed by atoms with Gasteiger partial charge in [0.1, 0.15) is 12.3 Å². The molecule has 1 aromatic carbocycles. The van der Waals surface area contributed by atoms with Gasteiger partial charge in [-0.3, -0.25) is 10.00 Å². The number of alkyl halides is 3. The Morgan fingerprint density at radius 3 is 2.71 bits per heavy atom. The Morgan fingerprint density at radius 1 is 1.18 bits per heavy atom. The average molecular weight is 474 g/mol. The third-order valence-electron chi connectivity index (χ3n) is 6.49. The molecule has 1 spiro atoms. The first kappa shape index (κ1) is 22.5. The van der Waals surface area contributed by atoms with Gasteiger partial charge >= 0.3 is 6.18 Å². The molecule has 2 aliphatic heterocycles. The van der Waals surface area contributed by atoms with Crippen LogP contribution in [0.3, 0.4) is 0 Å². The van der Waals surface area contributed by atoms with E-state index in [1.54, 1.807) is 19.5 Å². The molecule has 1 fully saturated rings. The van der Waals surface area contributed by atoms with Gasteiger partial charge in [-0.05, 0) is 43.3 Å². The van der Waals surface area contributed by atoms with E-state index in [1.807, 2.05) is 30.3 Å². The molecule has 34 heavy (non-hydrogen) atoms. The third-order valence-corrected chi connectivity index (χ3v) is 6.49. The Labute approximate surface area is 195 Å². The van der Waals surface area contributed by atoms with E-state index in [2.05, 4.69) is 35.3 Å². The highest BCUT2D eigenvalue weighted by molar-refractivity contribution is 5.53. The van der Waals surface area contributed by atoms with Gasteiger partial charge in [-0.2, -0.15) is 18.3 Å². The quantitative estimate of drug-likeness (QED) is 0.568. The van der Waals surface area contributed by atoms with Crippen LogP contribution < -0.4 is 15.0 Å². The number of hydrogen-bond donors (Lipinski definition) is 2. The van der Waals surface area contributed by atoms with Crippen molar-refractivity contribution in [1.82, 2.24) is 25.1 Å². The lowest BCUT2D eigenvalue weighted by Gasteiger charge is -2.42. The molecule has 2 aromatic heterocycles. The van der Waals surface area contributed by atoms with E-state index < -0.39 is 12.7 Å². The number of ether oxygens (including phenoxy) is 1. The van der Waals surface area contributed by atoms with Gasteiger partial charge in [-0.1, -0.05) is 0 Å². The van der Waals surface area contributed by atoms with Gasteiger partial charge in [-0.15, -0.1) is 0 Å². The molecule has 0 aliphatic carbocycles. The molecule has 2 N–H and O–H groups in total. The average Bonchev–Trinajstić information content (AvgIpc) is 3.48. The number of H-pyrrole nitrogens is 1. The molecule has 0 amide bonds. The molecule has 3 aromatic rings. The Kier molecular flexibility index (Phi) is 5.80. The zero-order chi connectivity index (χ0) is 23.8. The molecule has 1 unspecified atom stereocenters. The van der Waals surface area contributed by atoms with E-state index in [0.717, 1.165) is 54.4 Å². The first-order chi connectivity index (χ1) is 16.3. The number of fused-ring (bicyclic) bond motifs is 2. The van der Waals surface area contributed by atoms with Crippen LogP contribution in [0, 0.1) is 0 Å². The minimum atomic E-state index is -4.34. The maximum atomic E-state index is 12.8. The van der Waals surface area contributed by atoms with Crippen molar-refractivity contribution >= 4 is 11.6 Å². The number of rotatable bonds is 6. The van der Waals surface area contributed by atoms with Gasteiger partial charge in [0.05, 0.1) is 12.8 Å². The molecule has 0 bridgehead atoms. The predicted molar refractivity (Wildman–Crippen MR) is 121 cm³/mol. The van der Waals surface area contributed by atoms with Crippen molar-refractivity contribution in [1.29, 1.82) is 0 Å². The van der Waals surface area contributed by atoms with E-state index >= 15 is 0 Å². The van der Waals surface area contributed by atoms with E-state index in [9.17, 15) is 13.2 Å². The summed E-state index contributed by atoms with van der Waals surface area (Å²) in [5.74, 6) is 0.798. The van der Waals surface area contributed by atoms with Crippen LogP contribution in [0.2, 0.25) is 0 Å². The molecule has 8 nitrogen and oxygen atoms in total. The summed E-state index contributed by atoms with van der Waals surface area (Å²) >= 11 is 0. The van der Waals surface area contributed by atoms with E-state index in [0.29, 0.717) is 13.1 Å². The monoisotopic (exact) mass is 473 g/mol. The van der Waals surface area contributed by atoms with Crippen LogP contribution in [-0.2, 0) is 18.5 Å². The number of aromatic amines is 1. The summed E-state index contributed by atoms with van der Waals surface area (Å²) in [5.41, 5.74) is 3.52. The molecule has 0 saturated carbocycles. The van der Waals surface area contributed by atoms with Crippen molar-refractivity contribution in [2.45, 2.75) is 31.1 Å². The Hall–Kier alpha value is -3.34. The van der Waals surface area contributed by atoms with Crippen LogP contribution in [0.1, 0.15) is 23.4 Å². The molecule has 1 atom stereocenters. The molecule has 5 rings (SSSR count). The van der Waals surface area contributed by atoms with Crippen molar-refractivity contribution in [3.05, 3.63) is 59.7 Å². The van der Waals surface area contributed by atoms with Crippen LogP contribution in [0.15, 0.2) is 42.7 Å². The lowest BCUT2D eigenvalue weighted by Crippen LogP contribution is -2.48. The largest absolute Gasteiger partial charge is 0.497 e. The van der Waals surface area contributed by atoms with Crippen molar-refractivity contribution < 1.29 is 17.9 Å². The van der Waals surface area contributed by atoms with Crippen LogP contribution in [0.5, 0.6) is 5.75 Å². The number of halogens is 3. The van der Waals surface area contributed by atoms with Gasteiger partial charge in [0.15, 0.2) is 0 Å². The first-order valence-electron chi connectivity index (χ1n) is 11.1. The standard InChI is InChI=1S/C23H26F3N7O/c1-34-19-4-2-18(3-5-19)33-11-16-10-27-21(28-13-23(24,25)26)30-20(16)22(15-33)7-9-32(14-22)12-17-6-8-29-31-17/h2-6,8,10H,7,9,11-15H2,1H3,(H,29,31)(H,27,28,30). The zero-order valence-corrected chi connectivity index (χ0v) is 18.8. The Bertz CT molecular complexity index is 1120. The van der Waals surface area contributed by atoms with E-state index in [4.69, 9.17) is 4.74 Å². The normalized spacial score (nSPS) is 20.5. The summed E-state index contributed by atoms with van der Waals surface area (Å²) in [6.45, 7) is 2.45. The van der Waals surface area contributed by atoms with Gasteiger partial charge in [-0.25, -0.2) is 9.97 Å². The summed E-state index contributed by atoms with van der Waals surface area (Å²) in [5, 5.41) is 9.38. The van der Waals surface area contributed by atoms with Crippen molar-refractivity contribution in [3.63, 3.8) is 0 Å². The predicted octanol–water partition coefficient (Wildman–Crippen LogP) is 3.35. The number of likely N-dealkylation sites (tertiary alicyclic amines) is 1. The fourth-order valence-corrected chi connectivity index (χ4v) is 4.95. The first-order valence-corrected chi connectivity index (χ1v) is 11.1. The molecule has 2 aliphatic rings. The second-order valence-electron chi connectivity index (χ2n) is 8.91. The Balaban J connectivity index is 1.45. The van der Waals surface area contributed by atoms with Gasteiger partial charge < -0.3 is 15.0 Å². The molecule has 11 heteroatoms. The number of benzene rings is 1. The van der Waals surface area contributed by atoms with Crippen LogP contribution >= 0.6 is 0 Å².